The molecule has 6 nitrogen and oxygen atoms in total. The van der Waals surface area contributed by atoms with E-state index in [-0.39, 0.29) is 17.4 Å². The maximum absolute atomic E-state index is 13.3. The van der Waals surface area contributed by atoms with Crippen LogP contribution in [0.5, 0.6) is 5.75 Å². The Bertz CT molecular complexity index is 1490. The van der Waals surface area contributed by atoms with Crippen LogP contribution in [0.4, 0.5) is 8.78 Å². The molecular weight excluding hydrogens is 476 g/mol. The molecule has 2 aromatic carbocycles. The van der Waals surface area contributed by atoms with E-state index in [4.69, 9.17) is 14.5 Å². The second-order valence-corrected chi connectivity index (χ2v) is 9.71. The number of hydrogen-bond donors (Lipinski definition) is 1. The lowest BCUT2D eigenvalue weighted by atomic mass is 9.95. The van der Waals surface area contributed by atoms with E-state index < -0.39 is 18.3 Å². The van der Waals surface area contributed by atoms with Gasteiger partial charge >= 0.3 is 6.61 Å². The summed E-state index contributed by atoms with van der Waals surface area (Å²) >= 11 is 0. The third-order valence-electron chi connectivity index (χ3n) is 6.99. The minimum atomic E-state index is -3.02. The number of benzene rings is 2. The summed E-state index contributed by atoms with van der Waals surface area (Å²) in [6, 6.07) is 12.2. The van der Waals surface area contributed by atoms with Gasteiger partial charge in [-0.1, -0.05) is 36.4 Å². The summed E-state index contributed by atoms with van der Waals surface area (Å²) < 4.78 is 39.1. The highest BCUT2D eigenvalue weighted by molar-refractivity contribution is 5.85. The van der Waals surface area contributed by atoms with Crippen LogP contribution >= 0.6 is 0 Å². The van der Waals surface area contributed by atoms with Crippen LogP contribution in [0.2, 0.25) is 0 Å². The van der Waals surface area contributed by atoms with Crippen molar-refractivity contribution in [1.82, 2.24) is 9.55 Å². The molecule has 0 unspecified atom stereocenters. The molecule has 190 valence electrons. The Morgan fingerprint density at radius 3 is 2.73 bits per heavy atom. The van der Waals surface area contributed by atoms with Crippen LogP contribution in [-0.2, 0) is 4.74 Å². The molecule has 1 aliphatic heterocycles. The average molecular weight is 504 g/mol. The van der Waals surface area contributed by atoms with Crippen molar-refractivity contribution >= 4 is 16.6 Å². The number of aliphatic hydroxyl groups is 1. The van der Waals surface area contributed by atoms with E-state index in [1.807, 2.05) is 47.1 Å². The molecule has 1 N–H and O–H groups in total. The molecule has 37 heavy (non-hydrogen) atoms. The minimum absolute atomic E-state index is 0.0292. The van der Waals surface area contributed by atoms with Gasteiger partial charge in [-0.2, -0.15) is 14.0 Å². The molecule has 2 heterocycles. The van der Waals surface area contributed by atoms with Crippen molar-refractivity contribution in [2.24, 2.45) is 0 Å². The largest absolute Gasteiger partial charge is 0.434 e. The van der Waals surface area contributed by atoms with E-state index in [1.54, 1.807) is 27.0 Å². The number of fused-ring (bicyclic) bond motifs is 3. The molecule has 0 saturated heterocycles. The van der Waals surface area contributed by atoms with E-state index in [9.17, 15) is 19.1 Å². The number of alkyl halides is 2. The highest BCUT2D eigenvalue weighted by Gasteiger charge is 2.38. The molecule has 8 heteroatoms. The second-order valence-electron chi connectivity index (χ2n) is 9.71. The molecule has 0 radical (unpaired) electrons. The summed E-state index contributed by atoms with van der Waals surface area (Å²) in [6.07, 6.45) is 8.67. The summed E-state index contributed by atoms with van der Waals surface area (Å²) in [6.45, 7) is 0.517. The lowest BCUT2D eigenvalue weighted by Crippen LogP contribution is -2.21. The normalized spacial score (nSPS) is 19.4. The van der Waals surface area contributed by atoms with Crippen molar-refractivity contribution in [2.45, 2.75) is 51.0 Å². The lowest BCUT2D eigenvalue weighted by Gasteiger charge is -2.20. The van der Waals surface area contributed by atoms with Gasteiger partial charge in [0.1, 0.15) is 17.7 Å². The summed E-state index contributed by atoms with van der Waals surface area (Å²) in [7, 11) is 1.59. The molecule has 2 atom stereocenters. The smallest absolute Gasteiger partial charge is 0.387 e. The zero-order valence-electron chi connectivity index (χ0n) is 20.8. The zero-order chi connectivity index (χ0) is 26.3. The molecule has 0 bridgehead atoms. The topological polar surface area (TPSA) is 80.3 Å². The van der Waals surface area contributed by atoms with Crippen molar-refractivity contribution in [3.05, 3.63) is 88.8 Å². The van der Waals surface area contributed by atoms with Crippen molar-refractivity contribution in [1.29, 1.82) is 5.26 Å². The van der Waals surface area contributed by atoms with Gasteiger partial charge in [0.05, 0.1) is 34.3 Å². The number of nitrogens with zero attached hydrogens (tertiary/aromatic N) is 3. The first-order valence-corrected chi connectivity index (χ1v) is 12.0. The standard InChI is InChI=1S/C29H27F2N3O3/c1-29(2,35)20-8-4-6-17(10-12-20)18-11-13-21-22(14-18)34-23(15-25(36-3)27(34)33-21)26-19(16-32)7-5-9-24(26)37-28(30)31/h4-7,9-14,23,25,28,35H,8,15H2,1-3H3/t23-,25-/m1/s1. The third kappa shape index (κ3) is 4.57. The fraction of sp³-hybridized carbons (Fsp3) is 0.310. The molecule has 1 aromatic heterocycles. The summed E-state index contributed by atoms with van der Waals surface area (Å²) in [5, 5.41) is 20.2. The fourth-order valence-electron chi connectivity index (χ4n) is 5.16. The zero-order valence-corrected chi connectivity index (χ0v) is 20.8. The molecule has 3 aromatic rings. The predicted molar refractivity (Wildman–Crippen MR) is 136 cm³/mol. The maximum Gasteiger partial charge on any atom is 0.387 e. The minimum Gasteiger partial charge on any atom is -0.434 e. The van der Waals surface area contributed by atoms with Crippen LogP contribution in [0, 0.1) is 11.3 Å². The molecule has 1 aliphatic carbocycles. The number of aromatic nitrogens is 2. The first-order chi connectivity index (χ1) is 17.7. The van der Waals surface area contributed by atoms with E-state index in [2.05, 4.69) is 6.07 Å². The Balaban J connectivity index is 1.67. The van der Waals surface area contributed by atoms with Crippen LogP contribution in [0.1, 0.15) is 61.3 Å². The average Bonchev–Trinajstić information content (AvgIpc) is 3.28. The Morgan fingerprint density at radius 2 is 2.03 bits per heavy atom. The Hall–Kier alpha value is -3.80. The Kier molecular flexibility index (Phi) is 6.44. The van der Waals surface area contributed by atoms with Gasteiger partial charge in [-0.15, -0.1) is 0 Å². The van der Waals surface area contributed by atoms with E-state index >= 15 is 0 Å². The van der Waals surface area contributed by atoms with Gasteiger partial charge in [-0.05, 0) is 61.2 Å². The van der Waals surface area contributed by atoms with E-state index in [1.165, 1.54) is 12.1 Å². The summed E-state index contributed by atoms with van der Waals surface area (Å²) in [5.41, 5.74) is 4.10. The molecule has 2 aliphatic rings. The molecule has 0 amide bonds. The lowest BCUT2D eigenvalue weighted by molar-refractivity contribution is -0.0507. The van der Waals surface area contributed by atoms with Gasteiger partial charge in [-0.3, -0.25) is 0 Å². The number of rotatable bonds is 6. The fourth-order valence-corrected chi connectivity index (χ4v) is 5.16. The molecule has 0 spiro atoms. The number of imidazole rings is 1. The number of hydrogen-bond acceptors (Lipinski definition) is 5. The van der Waals surface area contributed by atoms with Gasteiger partial charge < -0.3 is 19.1 Å². The molecule has 0 saturated carbocycles. The van der Waals surface area contributed by atoms with Crippen LogP contribution in [-0.4, -0.2) is 34.0 Å². The number of ether oxygens (including phenoxy) is 2. The maximum atomic E-state index is 13.3. The van der Waals surface area contributed by atoms with Gasteiger partial charge in [-0.25, -0.2) is 4.98 Å². The number of halogens is 2. The van der Waals surface area contributed by atoms with Crippen molar-refractivity contribution in [2.75, 3.05) is 7.11 Å². The molecule has 5 rings (SSSR count). The van der Waals surface area contributed by atoms with Gasteiger partial charge in [0.25, 0.3) is 0 Å². The summed E-state index contributed by atoms with van der Waals surface area (Å²) in [4.78, 5) is 4.80. The molecular formula is C29H27F2N3O3. The predicted octanol–water partition coefficient (Wildman–Crippen LogP) is 6.23. The van der Waals surface area contributed by atoms with Crippen molar-refractivity contribution < 1.29 is 23.4 Å². The monoisotopic (exact) mass is 503 g/mol. The second kappa shape index (κ2) is 9.58. The van der Waals surface area contributed by atoms with E-state index in [0.717, 1.165) is 27.7 Å². The van der Waals surface area contributed by atoms with Crippen molar-refractivity contribution in [3.63, 3.8) is 0 Å². The van der Waals surface area contributed by atoms with Crippen LogP contribution in [0.3, 0.4) is 0 Å². The quantitative estimate of drug-likeness (QED) is 0.431. The highest BCUT2D eigenvalue weighted by Crippen LogP contribution is 2.46. The SMILES string of the molecule is CO[C@@H]1C[C@H](c2c(C#N)cccc2OC(F)F)n2c1nc1ccc(C3=CC=C(C(C)(C)O)CC=C3)cc12. The summed E-state index contributed by atoms with van der Waals surface area (Å²) in [5.74, 6) is 0.642. The van der Waals surface area contributed by atoms with Gasteiger partial charge in [0, 0.05) is 19.1 Å². The van der Waals surface area contributed by atoms with Crippen LogP contribution in [0.15, 0.2) is 66.3 Å². The van der Waals surface area contributed by atoms with Gasteiger partial charge in [0.15, 0.2) is 0 Å². The van der Waals surface area contributed by atoms with E-state index in [0.29, 0.717) is 24.2 Å². The number of allylic oxidation sites excluding steroid dienone is 5. The first-order valence-electron chi connectivity index (χ1n) is 12.0. The number of nitriles is 1. The Morgan fingerprint density at radius 1 is 1.22 bits per heavy atom. The molecule has 0 fully saturated rings. The highest BCUT2D eigenvalue weighted by atomic mass is 19.3. The third-order valence-corrected chi connectivity index (χ3v) is 6.99. The van der Waals surface area contributed by atoms with Crippen molar-refractivity contribution in [3.8, 4) is 11.8 Å². The van der Waals surface area contributed by atoms with Gasteiger partial charge in [0.2, 0.25) is 0 Å². The first kappa shape index (κ1) is 24.9. The van der Waals surface area contributed by atoms with Crippen LogP contribution < -0.4 is 4.74 Å². The Labute approximate surface area is 213 Å². The number of methoxy groups -OCH3 is 1. The van der Waals surface area contributed by atoms with Crippen LogP contribution in [0.25, 0.3) is 16.6 Å².